The fourth-order valence-electron chi connectivity index (χ4n) is 2.04. The quantitative estimate of drug-likeness (QED) is 0.841. The number of anilines is 1. The molecular formula is C13H17ClN2O. The maximum Gasteiger partial charge on any atom is 0.253 e. The van der Waals surface area contributed by atoms with Gasteiger partial charge in [-0.1, -0.05) is 18.5 Å². The number of benzene rings is 1. The molecule has 0 aliphatic heterocycles. The summed E-state index contributed by atoms with van der Waals surface area (Å²) in [7, 11) is 1.82. The topological polar surface area (TPSA) is 46.3 Å². The van der Waals surface area contributed by atoms with Crippen LogP contribution in [0.1, 0.15) is 23.7 Å². The summed E-state index contributed by atoms with van der Waals surface area (Å²) in [5, 5.41) is 0.501. The molecule has 0 aromatic heterocycles. The van der Waals surface area contributed by atoms with Crippen LogP contribution in [0.3, 0.4) is 0 Å². The Bertz CT molecular complexity index is 427. The van der Waals surface area contributed by atoms with E-state index in [4.69, 9.17) is 17.3 Å². The van der Waals surface area contributed by atoms with Gasteiger partial charge in [0.1, 0.15) is 0 Å². The van der Waals surface area contributed by atoms with Crippen LogP contribution in [-0.4, -0.2) is 24.4 Å². The number of nitrogens with two attached hydrogens (primary N) is 1. The SMILES string of the molecule is CC1CC1CN(C)C(=O)c1cc(N)cc(Cl)c1. The molecule has 2 atom stereocenters. The third kappa shape index (κ3) is 2.91. The Kier molecular flexibility index (Phi) is 3.29. The van der Waals surface area contributed by atoms with E-state index >= 15 is 0 Å². The van der Waals surface area contributed by atoms with Crippen molar-refractivity contribution in [2.24, 2.45) is 11.8 Å². The van der Waals surface area contributed by atoms with E-state index in [1.54, 1.807) is 23.1 Å². The van der Waals surface area contributed by atoms with Gasteiger partial charge in [0.25, 0.3) is 5.91 Å². The molecule has 2 rings (SSSR count). The number of nitrogen functional groups attached to an aromatic ring is 1. The van der Waals surface area contributed by atoms with Crippen molar-refractivity contribution in [2.75, 3.05) is 19.3 Å². The summed E-state index contributed by atoms with van der Waals surface area (Å²) < 4.78 is 0. The predicted molar refractivity (Wildman–Crippen MR) is 70.1 cm³/mol. The molecule has 17 heavy (non-hydrogen) atoms. The first-order valence-corrected chi connectivity index (χ1v) is 6.16. The summed E-state index contributed by atoms with van der Waals surface area (Å²) in [6, 6.07) is 4.97. The third-order valence-electron chi connectivity index (χ3n) is 3.30. The van der Waals surface area contributed by atoms with Gasteiger partial charge >= 0.3 is 0 Å². The zero-order chi connectivity index (χ0) is 12.6. The van der Waals surface area contributed by atoms with Crippen LogP contribution in [-0.2, 0) is 0 Å². The molecule has 4 heteroatoms. The second-order valence-electron chi connectivity index (χ2n) is 4.93. The maximum atomic E-state index is 12.1. The molecule has 1 amide bonds. The van der Waals surface area contributed by atoms with Crippen molar-refractivity contribution in [2.45, 2.75) is 13.3 Å². The fourth-order valence-corrected chi connectivity index (χ4v) is 2.29. The van der Waals surface area contributed by atoms with Crippen LogP contribution in [0.4, 0.5) is 5.69 Å². The lowest BCUT2D eigenvalue weighted by atomic mass is 10.1. The van der Waals surface area contributed by atoms with Crippen LogP contribution < -0.4 is 5.73 Å². The highest BCUT2D eigenvalue weighted by atomic mass is 35.5. The summed E-state index contributed by atoms with van der Waals surface area (Å²) in [6.07, 6.45) is 1.22. The molecule has 1 aliphatic carbocycles. The molecule has 3 nitrogen and oxygen atoms in total. The smallest absolute Gasteiger partial charge is 0.253 e. The molecular weight excluding hydrogens is 236 g/mol. The lowest BCUT2D eigenvalue weighted by molar-refractivity contribution is 0.0787. The molecule has 2 N–H and O–H groups in total. The molecule has 0 bridgehead atoms. The predicted octanol–water partition coefficient (Wildman–Crippen LogP) is 2.65. The standard InChI is InChI=1S/C13H17ClN2O/c1-8-3-10(8)7-16(2)13(17)9-4-11(14)6-12(15)5-9/h4-6,8,10H,3,7,15H2,1-2H3. The van der Waals surface area contributed by atoms with Crippen molar-refractivity contribution in [3.63, 3.8) is 0 Å². The number of carbonyl (C=O) groups excluding carboxylic acids is 1. The number of amides is 1. The van der Waals surface area contributed by atoms with Gasteiger partial charge in [0.15, 0.2) is 0 Å². The second-order valence-corrected chi connectivity index (χ2v) is 5.37. The molecule has 1 saturated carbocycles. The minimum Gasteiger partial charge on any atom is -0.399 e. The molecule has 0 saturated heterocycles. The van der Waals surface area contributed by atoms with Crippen LogP contribution in [0.25, 0.3) is 0 Å². The monoisotopic (exact) mass is 252 g/mol. The van der Waals surface area contributed by atoms with Crippen molar-refractivity contribution >= 4 is 23.2 Å². The molecule has 1 aliphatic rings. The van der Waals surface area contributed by atoms with Crippen LogP contribution in [0.2, 0.25) is 5.02 Å². The van der Waals surface area contributed by atoms with Crippen molar-refractivity contribution in [1.82, 2.24) is 4.90 Å². The fraction of sp³-hybridized carbons (Fsp3) is 0.462. The molecule has 0 heterocycles. The van der Waals surface area contributed by atoms with Gasteiger partial charge in [0.2, 0.25) is 0 Å². The van der Waals surface area contributed by atoms with Crippen LogP contribution in [0.5, 0.6) is 0 Å². The van der Waals surface area contributed by atoms with Crippen molar-refractivity contribution in [1.29, 1.82) is 0 Å². The molecule has 0 spiro atoms. The van der Waals surface area contributed by atoms with Gasteiger partial charge in [0, 0.05) is 29.9 Å². The van der Waals surface area contributed by atoms with E-state index in [1.807, 2.05) is 7.05 Å². The zero-order valence-electron chi connectivity index (χ0n) is 10.1. The van der Waals surface area contributed by atoms with Gasteiger partial charge < -0.3 is 10.6 Å². The molecule has 1 aromatic carbocycles. The number of hydrogen-bond donors (Lipinski definition) is 1. The zero-order valence-corrected chi connectivity index (χ0v) is 10.9. The molecule has 1 fully saturated rings. The third-order valence-corrected chi connectivity index (χ3v) is 3.52. The number of hydrogen-bond acceptors (Lipinski definition) is 2. The second kappa shape index (κ2) is 4.57. The van der Waals surface area contributed by atoms with E-state index in [1.165, 1.54) is 6.42 Å². The van der Waals surface area contributed by atoms with E-state index in [0.29, 0.717) is 22.2 Å². The molecule has 1 aromatic rings. The summed E-state index contributed by atoms with van der Waals surface area (Å²) in [6.45, 7) is 3.02. The van der Waals surface area contributed by atoms with Crippen LogP contribution >= 0.6 is 11.6 Å². The summed E-state index contributed by atoms with van der Waals surface area (Å²) in [4.78, 5) is 13.9. The Labute approximate surface area is 107 Å². The maximum absolute atomic E-state index is 12.1. The Hall–Kier alpha value is -1.22. The van der Waals surface area contributed by atoms with Gasteiger partial charge in [-0.25, -0.2) is 0 Å². The highest BCUT2D eigenvalue weighted by Crippen LogP contribution is 2.38. The Morgan fingerprint density at radius 3 is 2.71 bits per heavy atom. The summed E-state index contributed by atoms with van der Waals surface area (Å²) >= 11 is 5.89. The average Bonchev–Trinajstić information content (AvgIpc) is 2.91. The summed E-state index contributed by atoms with van der Waals surface area (Å²) in [5.74, 6) is 1.38. The lowest BCUT2D eigenvalue weighted by Gasteiger charge is -2.17. The molecule has 2 unspecified atom stereocenters. The first-order valence-electron chi connectivity index (χ1n) is 5.79. The summed E-state index contributed by atoms with van der Waals surface area (Å²) in [5.41, 5.74) is 6.76. The van der Waals surface area contributed by atoms with Crippen LogP contribution in [0, 0.1) is 11.8 Å². The molecule has 0 radical (unpaired) electrons. The van der Waals surface area contributed by atoms with E-state index in [2.05, 4.69) is 6.92 Å². The Balaban J connectivity index is 2.07. The largest absolute Gasteiger partial charge is 0.399 e. The van der Waals surface area contributed by atoms with Crippen molar-refractivity contribution in [3.8, 4) is 0 Å². The number of halogens is 1. The van der Waals surface area contributed by atoms with Gasteiger partial charge in [-0.05, 0) is 36.5 Å². The van der Waals surface area contributed by atoms with Crippen molar-refractivity contribution < 1.29 is 4.79 Å². The minimum absolute atomic E-state index is 0.0155. The Morgan fingerprint density at radius 2 is 2.18 bits per heavy atom. The minimum atomic E-state index is -0.0155. The number of nitrogens with zero attached hydrogens (tertiary/aromatic N) is 1. The van der Waals surface area contributed by atoms with E-state index < -0.39 is 0 Å². The van der Waals surface area contributed by atoms with E-state index in [0.717, 1.165) is 12.5 Å². The van der Waals surface area contributed by atoms with Crippen LogP contribution in [0.15, 0.2) is 18.2 Å². The number of carbonyl (C=O) groups is 1. The van der Waals surface area contributed by atoms with E-state index in [-0.39, 0.29) is 5.91 Å². The lowest BCUT2D eigenvalue weighted by Crippen LogP contribution is -2.29. The van der Waals surface area contributed by atoms with Gasteiger partial charge in [-0.2, -0.15) is 0 Å². The van der Waals surface area contributed by atoms with Crippen molar-refractivity contribution in [3.05, 3.63) is 28.8 Å². The highest BCUT2D eigenvalue weighted by molar-refractivity contribution is 6.31. The van der Waals surface area contributed by atoms with Gasteiger partial charge in [-0.15, -0.1) is 0 Å². The normalized spacial score (nSPS) is 22.3. The highest BCUT2D eigenvalue weighted by Gasteiger charge is 2.34. The first-order chi connectivity index (χ1) is 7.97. The van der Waals surface area contributed by atoms with Gasteiger partial charge in [-0.3, -0.25) is 4.79 Å². The first kappa shape index (κ1) is 12.2. The average molecular weight is 253 g/mol. The molecule has 92 valence electrons. The van der Waals surface area contributed by atoms with Gasteiger partial charge in [0.05, 0.1) is 0 Å². The van der Waals surface area contributed by atoms with E-state index in [9.17, 15) is 4.79 Å². The Morgan fingerprint density at radius 1 is 1.53 bits per heavy atom. The number of rotatable bonds is 3.